The van der Waals surface area contributed by atoms with Crippen molar-refractivity contribution in [3.8, 4) is 11.5 Å². The number of aryl methyl sites for hydroxylation is 2. The van der Waals surface area contributed by atoms with Crippen molar-refractivity contribution >= 4 is 34.1 Å². The van der Waals surface area contributed by atoms with Crippen LogP contribution in [-0.4, -0.2) is 24.3 Å². The zero-order chi connectivity index (χ0) is 22.8. The molecule has 0 radical (unpaired) electrons. The van der Waals surface area contributed by atoms with Gasteiger partial charge in [-0.3, -0.25) is 9.59 Å². The van der Waals surface area contributed by atoms with Crippen molar-refractivity contribution in [2.24, 2.45) is 5.10 Å². The Hall–Kier alpha value is -4.13. The van der Waals surface area contributed by atoms with Crippen LogP contribution in [0.3, 0.4) is 0 Å². The van der Waals surface area contributed by atoms with Crippen LogP contribution < -0.4 is 15.6 Å². The maximum atomic E-state index is 13.0. The third-order valence-corrected chi connectivity index (χ3v) is 5.42. The number of methoxy groups -OCH3 is 1. The van der Waals surface area contributed by atoms with Crippen LogP contribution in [0.2, 0.25) is 0 Å². The van der Waals surface area contributed by atoms with Gasteiger partial charge in [0.15, 0.2) is 11.5 Å². The third kappa shape index (κ3) is 3.92. The van der Waals surface area contributed by atoms with Gasteiger partial charge in [-0.05, 0) is 60.9 Å². The number of hydrogen-bond donors (Lipinski definition) is 2. The molecule has 0 atom stereocenters. The smallest absolute Gasteiger partial charge is 0.244 e. The summed E-state index contributed by atoms with van der Waals surface area (Å²) >= 11 is 0. The van der Waals surface area contributed by atoms with E-state index >= 15 is 0 Å². The Kier molecular flexibility index (Phi) is 5.64. The number of hydrazone groups is 1. The number of rotatable bonds is 5. The molecular formula is C25H22N2O5. The van der Waals surface area contributed by atoms with E-state index in [1.54, 1.807) is 36.4 Å². The molecule has 0 saturated carbocycles. The van der Waals surface area contributed by atoms with Crippen LogP contribution in [0, 0.1) is 13.8 Å². The summed E-state index contributed by atoms with van der Waals surface area (Å²) in [5.74, 6) is -0.0388. The van der Waals surface area contributed by atoms with Crippen molar-refractivity contribution < 1.29 is 19.1 Å². The fourth-order valence-corrected chi connectivity index (χ4v) is 3.55. The molecule has 0 fully saturated rings. The molecule has 7 nitrogen and oxygen atoms in total. The highest BCUT2D eigenvalue weighted by Crippen LogP contribution is 2.26. The average Bonchev–Trinajstić information content (AvgIpc) is 2.77. The van der Waals surface area contributed by atoms with E-state index in [4.69, 9.17) is 9.15 Å². The molecule has 162 valence electrons. The molecule has 1 heterocycles. The van der Waals surface area contributed by atoms with Gasteiger partial charge in [0.1, 0.15) is 11.2 Å². The van der Waals surface area contributed by atoms with Gasteiger partial charge in [0.2, 0.25) is 11.3 Å². The molecule has 0 aliphatic heterocycles. The van der Waals surface area contributed by atoms with Gasteiger partial charge in [0, 0.05) is 5.56 Å². The van der Waals surface area contributed by atoms with Crippen LogP contribution in [0.25, 0.3) is 21.9 Å². The summed E-state index contributed by atoms with van der Waals surface area (Å²) in [7, 11) is 1.46. The normalized spacial score (nSPS) is 11.3. The number of amides is 1. The monoisotopic (exact) mass is 430 g/mol. The molecule has 1 aromatic heterocycles. The van der Waals surface area contributed by atoms with Gasteiger partial charge in [-0.1, -0.05) is 18.2 Å². The molecule has 0 saturated heterocycles. The lowest BCUT2D eigenvalue weighted by Crippen LogP contribution is -2.20. The van der Waals surface area contributed by atoms with Crippen molar-refractivity contribution in [1.29, 1.82) is 0 Å². The number of fused-ring (bicyclic) bond motifs is 2. The first-order valence-electron chi connectivity index (χ1n) is 10.0. The van der Waals surface area contributed by atoms with Crippen molar-refractivity contribution in [3.63, 3.8) is 0 Å². The van der Waals surface area contributed by atoms with Crippen LogP contribution in [0.4, 0.5) is 0 Å². The molecule has 3 aromatic carbocycles. The number of ether oxygens (including phenoxy) is 1. The van der Waals surface area contributed by atoms with Gasteiger partial charge < -0.3 is 14.3 Å². The number of phenolic OH excluding ortho intramolecular Hbond substituents is 1. The molecule has 0 aliphatic carbocycles. The number of nitrogens with zero attached hydrogens (tertiary/aromatic N) is 1. The second kappa shape index (κ2) is 8.55. The number of benzene rings is 3. The molecule has 4 rings (SSSR count). The largest absolute Gasteiger partial charge is 0.504 e. The predicted molar refractivity (Wildman–Crippen MR) is 124 cm³/mol. The molecular weight excluding hydrogens is 408 g/mol. The van der Waals surface area contributed by atoms with Crippen LogP contribution in [-0.2, 0) is 11.2 Å². The Balaban J connectivity index is 1.60. The lowest BCUT2D eigenvalue weighted by Gasteiger charge is -2.09. The Morgan fingerprint density at radius 3 is 2.66 bits per heavy atom. The summed E-state index contributed by atoms with van der Waals surface area (Å²) < 4.78 is 11.1. The first kappa shape index (κ1) is 21.1. The minimum Gasteiger partial charge on any atom is -0.504 e. The first-order chi connectivity index (χ1) is 15.4. The molecule has 1 amide bonds. The average molecular weight is 430 g/mol. The minimum absolute atomic E-state index is 0.0121. The SMILES string of the molecule is COc1ccc(/C=N\NC(=O)Cc2cccc3c(=O)c4ccc(C)c(C)c4oc23)cc1O. The van der Waals surface area contributed by atoms with Gasteiger partial charge in [-0.25, -0.2) is 5.43 Å². The molecule has 0 spiro atoms. The highest BCUT2D eigenvalue weighted by molar-refractivity contribution is 5.94. The molecule has 0 aliphatic rings. The summed E-state index contributed by atoms with van der Waals surface area (Å²) in [6, 6.07) is 13.6. The summed E-state index contributed by atoms with van der Waals surface area (Å²) in [5, 5.41) is 14.7. The van der Waals surface area contributed by atoms with E-state index in [1.165, 1.54) is 19.4 Å². The van der Waals surface area contributed by atoms with Crippen molar-refractivity contribution in [2.75, 3.05) is 7.11 Å². The van der Waals surface area contributed by atoms with E-state index in [0.717, 1.165) is 11.1 Å². The minimum atomic E-state index is -0.366. The molecule has 2 N–H and O–H groups in total. The standard InChI is InChI=1S/C25H22N2O5/c1-14-7-9-19-23(30)18-6-4-5-17(25(18)32-24(19)15(14)2)12-22(29)27-26-13-16-8-10-21(31-3)20(28)11-16/h4-11,13,28H,12H2,1-3H3,(H,27,29)/b26-13-. The molecule has 0 unspecified atom stereocenters. The number of nitrogens with one attached hydrogen (secondary N) is 1. The van der Waals surface area contributed by atoms with E-state index in [9.17, 15) is 14.7 Å². The highest BCUT2D eigenvalue weighted by atomic mass is 16.5. The number of carbonyl (C=O) groups excluding carboxylic acids is 1. The van der Waals surface area contributed by atoms with Gasteiger partial charge >= 0.3 is 0 Å². The van der Waals surface area contributed by atoms with E-state index in [2.05, 4.69) is 10.5 Å². The lowest BCUT2D eigenvalue weighted by molar-refractivity contribution is -0.120. The maximum absolute atomic E-state index is 13.0. The number of para-hydroxylation sites is 1. The molecule has 4 aromatic rings. The zero-order valence-electron chi connectivity index (χ0n) is 17.9. The fraction of sp³-hybridized carbons (Fsp3) is 0.160. The second-order valence-electron chi connectivity index (χ2n) is 7.51. The fourth-order valence-electron chi connectivity index (χ4n) is 3.55. The zero-order valence-corrected chi connectivity index (χ0v) is 17.9. The van der Waals surface area contributed by atoms with E-state index in [-0.39, 0.29) is 23.5 Å². The molecule has 7 heteroatoms. The van der Waals surface area contributed by atoms with Crippen molar-refractivity contribution in [3.05, 3.63) is 81.0 Å². The number of phenols is 1. The second-order valence-corrected chi connectivity index (χ2v) is 7.51. The van der Waals surface area contributed by atoms with E-state index in [0.29, 0.717) is 38.8 Å². The van der Waals surface area contributed by atoms with Crippen LogP contribution in [0.5, 0.6) is 11.5 Å². The predicted octanol–water partition coefficient (Wildman–Crippen LogP) is 3.97. The Labute approximate surface area is 183 Å². The van der Waals surface area contributed by atoms with Crippen LogP contribution in [0.15, 0.2) is 62.8 Å². The van der Waals surface area contributed by atoms with Gasteiger partial charge in [0.25, 0.3) is 0 Å². The topological polar surface area (TPSA) is 101 Å². The van der Waals surface area contributed by atoms with Gasteiger partial charge in [-0.15, -0.1) is 0 Å². The first-order valence-corrected chi connectivity index (χ1v) is 10.0. The van der Waals surface area contributed by atoms with E-state index in [1.807, 2.05) is 19.9 Å². The van der Waals surface area contributed by atoms with Crippen molar-refractivity contribution in [1.82, 2.24) is 5.43 Å². The van der Waals surface area contributed by atoms with Crippen LogP contribution >= 0.6 is 0 Å². The number of carbonyl (C=O) groups is 1. The Morgan fingerprint density at radius 1 is 1.12 bits per heavy atom. The quantitative estimate of drug-likeness (QED) is 0.283. The Bertz CT molecular complexity index is 1440. The van der Waals surface area contributed by atoms with Gasteiger partial charge in [-0.2, -0.15) is 5.10 Å². The third-order valence-electron chi connectivity index (χ3n) is 5.42. The molecule has 32 heavy (non-hydrogen) atoms. The van der Waals surface area contributed by atoms with Crippen LogP contribution in [0.1, 0.15) is 22.3 Å². The Morgan fingerprint density at radius 2 is 1.91 bits per heavy atom. The highest BCUT2D eigenvalue weighted by Gasteiger charge is 2.15. The summed E-state index contributed by atoms with van der Waals surface area (Å²) in [5.41, 5.74) is 6.38. The number of aromatic hydroxyl groups is 1. The lowest BCUT2D eigenvalue weighted by atomic mass is 10.0. The van der Waals surface area contributed by atoms with E-state index < -0.39 is 0 Å². The summed E-state index contributed by atoms with van der Waals surface area (Å²) in [6.07, 6.45) is 1.40. The van der Waals surface area contributed by atoms with Gasteiger partial charge in [0.05, 0.1) is 30.5 Å². The maximum Gasteiger partial charge on any atom is 0.244 e. The van der Waals surface area contributed by atoms with Crippen molar-refractivity contribution in [2.45, 2.75) is 20.3 Å². The molecule has 0 bridgehead atoms. The number of hydrogen-bond acceptors (Lipinski definition) is 6. The summed E-state index contributed by atoms with van der Waals surface area (Å²) in [6.45, 7) is 3.87. The summed E-state index contributed by atoms with van der Waals surface area (Å²) in [4.78, 5) is 25.4.